The molecule has 0 amide bonds. The van der Waals surface area contributed by atoms with Crippen LogP contribution < -0.4 is 5.32 Å². The summed E-state index contributed by atoms with van der Waals surface area (Å²) in [6.45, 7) is 2.92. The Hall–Kier alpha value is -0.650. The van der Waals surface area contributed by atoms with Crippen molar-refractivity contribution in [2.24, 2.45) is 0 Å². The van der Waals surface area contributed by atoms with Gasteiger partial charge in [0.15, 0.2) is 0 Å². The van der Waals surface area contributed by atoms with Crippen molar-refractivity contribution in [1.29, 1.82) is 0 Å². The summed E-state index contributed by atoms with van der Waals surface area (Å²) in [5, 5.41) is 3.22. The Morgan fingerprint density at radius 1 is 1.31 bits per heavy atom. The van der Waals surface area contributed by atoms with Crippen molar-refractivity contribution in [2.45, 2.75) is 6.42 Å². The van der Waals surface area contributed by atoms with E-state index in [1.54, 1.807) is 13.3 Å². The number of aromatic nitrogens is 1. The number of hydrogen-bond donors (Lipinski definition) is 1. The molecule has 5 heteroatoms. The Bertz CT molecular complexity index is 280. The number of rotatable bonds is 8. The fourth-order valence-electron chi connectivity index (χ4n) is 1.12. The van der Waals surface area contributed by atoms with E-state index < -0.39 is 0 Å². The smallest absolute Gasteiger partial charge is 0.125 e. The zero-order valence-corrected chi connectivity index (χ0v) is 11.0. The second-order valence-electron chi connectivity index (χ2n) is 3.25. The van der Waals surface area contributed by atoms with Crippen molar-refractivity contribution in [1.82, 2.24) is 4.98 Å². The highest BCUT2D eigenvalue weighted by atomic mass is 79.9. The third-order valence-electron chi connectivity index (χ3n) is 1.93. The molecular formula is C11H17BrN2O2. The Balaban J connectivity index is 2.01. The zero-order chi connectivity index (χ0) is 11.6. The van der Waals surface area contributed by atoms with E-state index in [-0.39, 0.29) is 0 Å². The molecule has 0 fully saturated rings. The SMILES string of the molecule is COCCOCCCNc1ccc(Br)cn1. The van der Waals surface area contributed by atoms with Crippen molar-refractivity contribution in [3.8, 4) is 0 Å². The van der Waals surface area contributed by atoms with Crippen molar-refractivity contribution in [3.05, 3.63) is 22.8 Å². The number of methoxy groups -OCH3 is 1. The fraction of sp³-hybridized carbons (Fsp3) is 0.545. The molecule has 4 nitrogen and oxygen atoms in total. The second kappa shape index (κ2) is 8.50. The molecule has 16 heavy (non-hydrogen) atoms. The van der Waals surface area contributed by atoms with Gasteiger partial charge in [-0.3, -0.25) is 0 Å². The number of hydrogen-bond acceptors (Lipinski definition) is 4. The van der Waals surface area contributed by atoms with Gasteiger partial charge in [-0.1, -0.05) is 0 Å². The summed E-state index contributed by atoms with van der Waals surface area (Å²) < 4.78 is 11.2. The van der Waals surface area contributed by atoms with Gasteiger partial charge in [0.05, 0.1) is 13.2 Å². The van der Waals surface area contributed by atoms with Crippen LogP contribution in [0.1, 0.15) is 6.42 Å². The summed E-state index contributed by atoms with van der Waals surface area (Å²) in [7, 11) is 1.67. The highest BCUT2D eigenvalue weighted by Crippen LogP contribution is 2.10. The fourth-order valence-corrected chi connectivity index (χ4v) is 1.35. The van der Waals surface area contributed by atoms with Crippen molar-refractivity contribution in [2.75, 3.05) is 38.8 Å². The molecular weight excluding hydrogens is 272 g/mol. The van der Waals surface area contributed by atoms with Gasteiger partial charge in [0.2, 0.25) is 0 Å². The minimum Gasteiger partial charge on any atom is -0.382 e. The molecule has 0 atom stereocenters. The topological polar surface area (TPSA) is 43.4 Å². The van der Waals surface area contributed by atoms with Gasteiger partial charge >= 0.3 is 0 Å². The first kappa shape index (κ1) is 13.4. The molecule has 0 aliphatic carbocycles. The average molecular weight is 289 g/mol. The molecule has 1 aromatic rings. The van der Waals surface area contributed by atoms with E-state index in [2.05, 4.69) is 26.2 Å². The number of nitrogens with zero attached hydrogens (tertiary/aromatic N) is 1. The van der Waals surface area contributed by atoms with Gasteiger partial charge in [0.1, 0.15) is 5.82 Å². The van der Waals surface area contributed by atoms with Gasteiger partial charge in [-0.25, -0.2) is 4.98 Å². The maximum Gasteiger partial charge on any atom is 0.125 e. The Morgan fingerprint density at radius 3 is 2.88 bits per heavy atom. The van der Waals surface area contributed by atoms with Crippen LogP contribution in [0.25, 0.3) is 0 Å². The van der Waals surface area contributed by atoms with Crippen molar-refractivity contribution >= 4 is 21.7 Å². The maximum atomic E-state index is 5.34. The van der Waals surface area contributed by atoms with Gasteiger partial charge in [0, 0.05) is 30.9 Å². The molecule has 0 aliphatic rings. The minimum atomic E-state index is 0.654. The molecule has 1 rings (SSSR count). The van der Waals surface area contributed by atoms with E-state index in [9.17, 15) is 0 Å². The molecule has 0 spiro atoms. The average Bonchev–Trinajstić information content (AvgIpc) is 2.30. The van der Waals surface area contributed by atoms with Crippen LogP contribution in [0.2, 0.25) is 0 Å². The lowest BCUT2D eigenvalue weighted by Crippen LogP contribution is -2.08. The van der Waals surface area contributed by atoms with E-state index in [1.165, 1.54) is 0 Å². The van der Waals surface area contributed by atoms with Gasteiger partial charge in [-0.15, -0.1) is 0 Å². The lowest BCUT2D eigenvalue weighted by atomic mass is 10.4. The van der Waals surface area contributed by atoms with E-state index in [1.807, 2.05) is 12.1 Å². The first-order valence-electron chi connectivity index (χ1n) is 5.25. The van der Waals surface area contributed by atoms with Crippen LogP contribution in [-0.4, -0.2) is 38.5 Å². The normalized spacial score (nSPS) is 10.4. The Morgan fingerprint density at radius 2 is 2.19 bits per heavy atom. The standard InChI is InChI=1S/C11H17BrN2O2/c1-15-7-8-16-6-2-5-13-11-4-3-10(12)9-14-11/h3-4,9H,2,5-8H2,1H3,(H,13,14). The molecule has 0 bridgehead atoms. The summed E-state index contributed by atoms with van der Waals surface area (Å²) in [5.41, 5.74) is 0. The Labute approximate surface area is 104 Å². The third-order valence-corrected chi connectivity index (χ3v) is 2.40. The molecule has 0 radical (unpaired) electrons. The van der Waals surface area contributed by atoms with Crippen LogP contribution >= 0.6 is 15.9 Å². The number of pyridine rings is 1. The molecule has 1 heterocycles. The minimum absolute atomic E-state index is 0.654. The van der Waals surface area contributed by atoms with Crippen LogP contribution in [-0.2, 0) is 9.47 Å². The number of anilines is 1. The number of nitrogens with one attached hydrogen (secondary N) is 1. The van der Waals surface area contributed by atoms with Gasteiger partial charge in [0.25, 0.3) is 0 Å². The molecule has 90 valence electrons. The highest BCUT2D eigenvalue weighted by Gasteiger charge is 1.93. The van der Waals surface area contributed by atoms with Crippen LogP contribution in [0, 0.1) is 0 Å². The quantitative estimate of drug-likeness (QED) is 0.746. The van der Waals surface area contributed by atoms with E-state index in [0.717, 1.165) is 29.9 Å². The molecule has 0 unspecified atom stereocenters. The summed E-state index contributed by atoms with van der Waals surface area (Å²) in [4.78, 5) is 4.21. The van der Waals surface area contributed by atoms with Gasteiger partial charge < -0.3 is 14.8 Å². The Kier molecular flexibility index (Phi) is 7.12. The lowest BCUT2D eigenvalue weighted by Gasteiger charge is -2.06. The monoisotopic (exact) mass is 288 g/mol. The van der Waals surface area contributed by atoms with Gasteiger partial charge in [-0.2, -0.15) is 0 Å². The van der Waals surface area contributed by atoms with E-state index >= 15 is 0 Å². The molecule has 1 aromatic heterocycles. The largest absolute Gasteiger partial charge is 0.382 e. The number of halogens is 1. The molecule has 0 saturated carbocycles. The second-order valence-corrected chi connectivity index (χ2v) is 4.16. The summed E-state index contributed by atoms with van der Waals surface area (Å²) in [6.07, 6.45) is 2.73. The van der Waals surface area contributed by atoms with Crippen LogP contribution in [0.5, 0.6) is 0 Å². The van der Waals surface area contributed by atoms with Gasteiger partial charge in [-0.05, 0) is 34.5 Å². The van der Waals surface area contributed by atoms with Crippen molar-refractivity contribution < 1.29 is 9.47 Å². The number of ether oxygens (including phenoxy) is 2. The van der Waals surface area contributed by atoms with E-state index in [4.69, 9.17) is 9.47 Å². The maximum absolute atomic E-state index is 5.34. The van der Waals surface area contributed by atoms with E-state index in [0.29, 0.717) is 13.2 Å². The highest BCUT2D eigenvalue weighted by molar-refractivity contribution is 9.10. The molecule has 0 aromatic carbocycles. The van der Waals surface area contributed by atoms with Crippen molar-refractivity contribution in [3.63, 3.8) is 0 Å². The first-order valence-corrected chi connectivity index (χ1v) is 6.04. The summed E-state index contributed by atoms with van der Waals surface area (Å²) in [6, 6.07) is 3.90. The zero-order valence-electron chi connectivity index (χ0n) is 9.41. The summed E-state index contributed by atoms with van der Waals surface area (Å²) >= 11 is 3.34. The molecule has 1 N–H and O–H groups in total. The van der Waals surface area contributed by atoms with Crippen LogP contribution in [0.15, 0.2) is 22.8 Å². The van der Waals surface area contributed by atoms with Crippen LogP contribution in [0.3, 0.4) is 0 Å². The lowest BCUT2D eigenvalue weighted by molar-refractivity contribution is 0.0705. The molecule has 0 aliphatic heterocycles. The predicted molar refractivity (Wildman–Crippen MR) is 67.7 cm³/mol. The summed E-state index contributed by atoms with van der Waals surface area (Å²) in [5.74, 6) is 0.889. The van der Waals surface area contributed by atoms with Crippen LogP contribution in [0.4, 0.5) is 5.82 Å². The molecule has 0 saturated heterocycles. The predicted octanol–water partition coefficient (Wildman–Crippen LogP) is 2.31. The third kappa shape index (κ3) is 6.05. The first-order chi connectivity index (χ1) is 7.83.